The zero-order valence-corrected chi connectivity index (χ0v) is 13.7. The zero-order chi connectivity index (χ0) is 14.5. The van der Waals surface area contributed by atoms with Crippen LogP contribution in [0.3, 0.4) is 0 Å². The standard InChI is InChI=1S/C17H27ClN2/c1-4-10-19-12-14-7-5-8-15(18)17(14)20-11-6-9-16(20)13(2)3/h5,7-8,13,16,19H,4,6,9-12H2,1-3H3. The molecule has 3 heteroatoms. The summed E-state index contributed by atoms with van der Waals surface area (Å²) in [4.78, 5) is 2.54. The number of halogens is 1. The molecule has 0 radical (unpaired) electrons. The van der Waals surface area contributed by atoms with Crippen molar-refractivity contribution in [3.05, 3.63) is 28.8 Å². The number of hydrogen-bond acceptors (Lipinski definition) is 2. The summed E-state index contributed by atoms with van der Waals surface area (Å²) >= 11 is 6.52. The molecule has 0 bridgehead atoms. The van der Waals surface area contributed by atoms with Gasteiger partial charge in [-0.1, -0.05) is 44.5 Å². The lowest BCUT2D eigenvalue weighted by atomic mass is 10.0. The van der Waals surface area contributed by atoms with Crippen molar-refractivity contribution in [1.29, 1.82) is 0 Å². The highest BCUT2D eigenvalue weighted by Crippen LogP contribution is 2.37. The van der Waals surface area contributed by atoms with Gasteiger partial charge in [0.25, 0.3) is 0 Å². The van der Waals surface area contributed by atoms with Crippen molar-refractivity contribution in [3.8, 4) is 0 Å². The molecule has 1 unspecified atom stereocenters. The van der Waals surface area contributed by atoms with Crippen LogP contribution in [0.25, 0.3) is 0 Å². The van der Waals surface area contributed by atoms with Gasteiger partial charge in [0.2, 0.25) is 0 Å². The third-order valence-corrected chi connectivity index (χ3v) is 4.47. The van der Waals surface area contributed by atoms with Gasteiger partial charge in [-0.2, -0.15) is 0 Å². The van der Waals surface area contributed by atoms with E-state index in [1.54, 1.807) is 0 Å². The Balaban J connectivity index is 2.24. The Morgan fingerprint density at radius 3 is 2.90 bits per heavy atom. The largest absolute Gasteiger partial charge is 0.367 e. The molecule has 2 nitrogen and oxygen atoms in total. The van der Waals surface area contributed by atoms with E-state index in [0.717, 1.165) is 31.1 Å². The maximum Gasteiger partial charge on any atom is 0.0643 e. The molecule has 1 fully saturated rings. The Labute approximate surface area is 128 Å². The van der Waals surface area contributed by atoms with Crippen LogP contribution in [0.1, 0.15) is 45.6 Å². The predicted molar refractivity (Wildman–Crippen MR) is 88.7 cm³/mol. The summed E-state index contributed by atoms with van der Waals surface area (Å²) < 4.78 is 0. The summed E-state index contributed by atoms with van der Waals surface area (Å²) in [5.74, 6) is 0.672. The number of rotatable bonds is 6. The van der Waals surface area contributed by atoms with E-state index < -0.39 is 0 Å². The first-order chi connectivity index (χ1) is 9.65. The van der Waals surface area contributed by atoms with Crippen LogP contribution < -0.4 is 10.2 Å². The van der Waals surface area contributed by atoms with Crippen molar-refractivity contribution in [1.82, 2.24) is 5.32 Å². The van der Waals surface area contributed by atoms with Gasteiger partial charge in [0.1, 0.15) is 0 Å². The summed E-state index contributed by atoms with van der Waals surface area (Å²) in [7, 11) is 0. The highest BCUT2D eigenvalue weighted by Gasteiger charge is 2.29. The summed E-state index contributed by atoms with van der Waals surface area (Å²) in [5.41, 5.74) is 2.59. The predicted octanol–water partition coefficient (Wildman–Crippen LogP) is 4.46. The average molecular weight is 295 g/mol. The molecule has 1 atom stereocenters. The highest BCUT2D eigenvalue weighted by molar-refractivity contribution is 6.33. The monoisotopic (exact) mass is 294 g/mol. The highest BCUT2D eigenvalue weighted by atomic mass is 35.5. The van der Waals surface area contributed by atoms with Crippen LogP contribution in [0.15, 0.2) is 18.2 Å². The first-order valence-electron chi connectivity index (χ1n) is 7.90. The molecule has 1 saturated heterocycles. The topological polar surface area (TPSA) is 15.3 Å². The van der Waals surface area contributed by atoms with Crippen LogP contribution in [-0.2, 0) is 6.54 Å². The van der Waals surface area contributed by atoms with Gasteiger partial charge in [-0.05, 0) is 43.4 Å². The summed E-state index contributed by atoms with van der Waals surface area (Å²) in [5, 5.41) is 4.40. The number of nitrogens with zero attached hydrogens (tertiary/aromatic N) is 1. The fourth-order valence-corrected chi connectivity index (χ4v) is 3.49. The maximum absolute atomic E-state index is 6.52. The lowest BCUT2D eigenvalue weighted by molar-refractivity contribution is 0.491. The summed E-state index contributed by atoms with van der Waals surface area (Å²) in [6, 6.07) is 6.92. The van der Waals surface area contributed by atoms with Gasteiger partial charge in [0.05, 0.1) is 10.7 Å². The zero-order valence-electron chi connectivity index (χ0n) is 13.0. The molecule has 112 valence electrons. The van der Waals surface area contributed by atoms with Gasteiger partial charge in [0.15, 0.2) is 0 Å². The molecule has 20 heavy (non-hydrogen) atoms. The minimum Gasteiger partial charge on any atom is -0.367 e. The normalized spacial score (nSPS) is 19.1. The Morgan fingerprint density at radius 2 is 2.20 bits per heavy atom. The number of anilines is 1. The SMILES string of the molecule is CCCNCc1cccc(Cl)c1N1CCCC1C(C)C. The van der Waals surface area contributed by atoms with Crippen LogP contribution >= 0.6 is 11.6 Å². The van der Waals surface area contributed by atoms with E-state index in [-0.39, 0.29) is 0 Å². The van der Waals surface area contributed by atoms with Crippen LogP contribution in [0.2, 0.25) is 5.02 Å². The smallest absolute Gasteiger partial charge is 0.0643 e. The molecule has 0 aromatic heterocycles. The second kappa shape index (κ2) is 7.33. The van der Waals surface area contributed by atoms with Gasteiger partial charge >= 0.3 is 0 Å². The average Bonchev–Trinajstić information content (AvgIpc) is 2.88. The van der Waals surface area contributed by atoms with Crippen molar-refractivity contribution in [3.63, 3.8) is 0 Å². The van der Waals surface area contributed by atoms with Gasteiger partial charge in [0, 0.05) is 19.1 Å². The molecule has 0 aliphatic carbocycles. The fourth-order valence-electron chi connectivity index (χ4n) is 3.19. The van der Waals surface area contributed by atoms with E-state index in [2.05, 4.69) is 43.1 Å². The minimum atomic E-state index is 0.625. The quantitative estimate of drug-likeness (QED) is 0.779. The van der Waals surface area contributed by atoms with Crippen molar-refractivity contribution < 1.29 is 0 Å². The molecule has 1 aromatic carbocycles. The molecule has 0 saturated carbocycles. The van der Waals surface area contributed by atoms with E-state index in [1.165, 1.54) is 24.1 Å². The van der Waals surface area contributed by atoms with Crippen LogP contribution in [0.5, 0.6) is 0 Å². The number of para-hydroxylation sites is 1. The third kappa shape index (κ3) is 3.48. The van der Waals surface area contributed by atoms with Gasteiger partial charge in [-0.3, -0.25) is 0 Å². The molecule has 1 heterocycles. The molecule has 1 aromatic rings. The Morgan fingerprint density at radius 1 is 1.40 bits per heavy atom. The number of hydrogen-bond donors (Lipinski definition) is 1. The number of benzene rings is 1. The molecule has 1 N–H and O–H groups in total. The molecular formula is C17H27ClN2. The van der Waals surface area contributed by atoms with Crippen molar-refractivity contribution in [2.75, 3.05) is 18.0 Å². The van der Waals surface area contributed by atoms with Crippen molar-refractivity contribution in [2.45, 2.75) is 52.6 Å². The van der Waals surface area contributed by atoms with E-state index in [9.17, 15) is 0 Å². The number of nitrogens with one attached hydrogen (secondary N) is 1. The van der Waals surface area contributed by atoms with E-state index in [4.69, 9.17) is 11.6 Å². The third-order valence-electron chi connectivity index (χ3n) is 4.17. The van der Waals surface area contributed by atoms with E-state index in [1.807, 2.05) is 6.07 Å². The van der Waals surface area contributed by atoms with Crippen LogP contribution in [-0.4, -0.2) is 19.1 Å². The van der Waals surface area contributed by atoms with Crippen LogP contribution in [0, 0.1) is 5.92 Å². The maximum atomic E-state index is 6.52. The Hall–Kier alpha value is -0.730. The van der Waals surface area contributed by atoms with Crippen molar-refractivity contribution >= 4 is 17.3 Å². The van der Waals surface area contributed by atoms with Gasteiger partial charge in [-0.15, -0.1) is 0 Å². The van der Waals surface area contributed by atoms with Gasteiger partial charge in [-0.25, -0.2) is 0 Å². The van der Waals surface area contributed by atoms with Gasteiger partial charge < -0.3 is 10.2 Å². The molecule has 0 spiro atoms. The summed E-state index contributed by atoms with van der Waals surface area (Å²) in [6.45, 7) is 9.92. The van der Waals surface area contributed by atoms with Crippen molar-refractivity contribution in [2.24, 2.45) is 5.92 Å². The molecule has 0 amide bonds. The Kier molecular flexibility index (Phi) is 5.74. The second-order valence-corrected chi connectivity index (χ2v) is 6.48. The van der Waals surface area contributed by atoms with Crippen LogP contribution in [0.4, 0.5) is 5.69 Å². The molecular weight excluding hydrogens is 268 g/mol. The molecule has 1 aliphatic rings. The first-order valence-corrected chi connectivity index (χ1v) is 8.27. The Bertz CT molecular complexity index is 431. The fraction of sp³-hybridized carbons (Fsp3) is 0.647. The summed E-state index contributed by atoms with van der Waals surface area (Å²) in [6.07, 6.45) is 3.72. The first kappa shape index (κ1) is 15.7. The lowest BCUT2D eigenvalue weighted by Crippen LogP contribution is -2.34. The minimum absolute atomic E-state index is 0.625. The molecule has 2 rings (SSSR count). The molecule has 1 aliphatic heterocycles. The lowest BCUT2D eigenvalue weighted by Gasteiger charge is -2.32. The second-order valence-electron chi connectivity index (χ2n) is 6.07. The van der Waals surface area contributed by atoms with E-state index >= 15 is 0 Å². The van der Waals surface area contributed by atoms with E-state index in [0.29, 0.717) is 12.0 Å².